The molecule has 2 aromatic heterocycles. The Morgan fingerprint density at radius 2 is 2.33 bits per heavy atom. The summed E-state index contributed by atoms with van der Waals surface area (Å²) in [5.74, 6) is 1.60. The van der Waals surface area contributed by atoms with Gasteiger partial charge in [0.15, 0.2) is 0 Å². The van der Waals surface area contributed by atoms with Crippen molar-refractivity contribution in [2.75, 3.05) is 7.11 Å². The Morgan fingerprint density at radius 3 is 3.00 bits per heavy atom. The summed E-state index contributed by atoms with van der Waals surface area (Å²) in [4.78, 5) is 15.2. The van der Waals surface area contributed by atoms with Crippen LogP contribution in [0.3, 0.4) is 0 Å². The minimum absolute atomic E-state index is 0.102. The van der Waals surface area contributed by atoms with E-state index in [-0.39, 0.29) is 5.78 Å². The molecule has 2 heterocycles. The van der Waals surface area contributed by atoms with E-state index in [2.05, 4.69) is 4.98 Å². The Labute approximate surface area is 87.5 Å². The Kier molecular flexibility index (Phi) is 2.41. The molecule has 2 rings (SSSR count). The lowest BCUT2D eigenvalue weighted by atomic mass is 10.3. The fourth-order valence-corrected chi connectivity index (χ4v) is 1.50. The number of Topliss-reactive ketones (excluding diaryl/α,β-unsaturated/α-hetero) is 1. The summed E-state index contributed by atoms with van der Waals surface area (Å²) in [5, 5.41) is 0. The van der Waals surface area contributed by atoms with E-state index in [9.17, 15) is 4.79 Å². The first-order valence-electron chi connectivity index (χ1n) is 4.70. The molecule has 0 amide bonds. The Morgan fingerprint density at radius 1 is 1.53 bits per heavy atom. The van der Waals surface area contributed by atoms with Gasteiger partial charge < -0.3 is 4.74 Å². The van der Waals surface area contributed by atoms with Crippen LogP contribution < -0.4 is 4.74 Å². The van der Waals surface area contributed by atoms with Crippen LogP contribution in [0.15, 0.2) is 24.5 Å². The van der Waals surface area contributed by atoms with Crippen molar-refractivity contribution in [1.29, 1.82) is 0 Å². The molecule has 0 aromatic carbocycles. The maximum atomic E-state index is 11.0. The first kappa shape index (κ1) is 9.71. The molecule has 4 nitrogen and oxygen atoms in total. The fourth-order valence-electron chi connectivity index (χ4n) is 1.50. The van der Waals surface area contributed by atoms with E-state index in [4.69, 9.17) is 4.74 Å². The van der Waals surface area contributed by atoms with E-state index in [1.54, 1.807) is 20.2 Å². The third-order valence-electron chi connectivity index (χ3n) is 2.22. The van der Waals surface area contributed by atoms with Crippen molar-refractivity contribution in [3.63, 3.8) is 0 Å². The molecule has 0 saturated heterocycles. The van der Waals surface area contributed by atoms with Gasteiger partial charge in [0.2, 0.25) is 0 Å². The van der Waals surface area contributed by atoms with Crippen LogP contribution in [0.4, 0.5) is 0 Å². The predicted molar refractivity (Wildman–Crippen MR) is 56.1 cm³/mol. The highest BCUT2D eigenvalue weighted by atomic mass is 16.5. The van der Waals surface area contributed by atoms with Crippen LogP contribution in [0.1, 0.15) is 12.7 Å². The minimum atomic E-state index is 0.102. The standard InChI is InChI=1S/C11H12N2O2/c1-8(14)5-11-12-6-9-3-4-10(15-2)7-13(9)11/h3-4,6-7H,5H2,1-2H3. The number of ketones is 1. The van der Waals surface area contributed by atoms with Gasteiger partial charge in [0.1, 0.15) is 17.4 Å². The predicted octanol–water partition coefficient (Wildman–Crippen LogP) is 1.47. The summed E-state index contributed by atoms with van der Waals surface area (Å²) in [6, 6.07) is 3.78. The molecule has 0 bridgehead atoms. The summed E-state index contributed by atoms with van der Waals surface area (Å²) in [7, 11) is 1.61. The number of imidazole rings is 1. The van der Waals surface area contributed by atoms with Crippen LogP contribution in [0.5, 0.6) is 5.75 Å². The topological polar surface area (TPSA) is 43.6 Å². The lowest BCUT2D eigenvalue weighted by Crippen LogP contribution is -2.02. The summed E-state index contributed by atoms with van der Waals surface area (Å²) in [6.07, 6.45) is 3.93. The number of hydrogen-bond donors (Lipinski definition) is 0. The average Bonchev–Trinajstić information content (AvgIpc) is 2.60. The Balaban J connectivity index is 2.51. The second-order valence-electron chi connectivity index (χ2n) is 3.42. The molecule has 0 unspecified atom stereocenters. The molecule has 0 atom stereocenters. The number of carbonyl (C=O) groups excluding carboxylic acids is 1. The number of methoxy groups -OCH3 is 1. The van der Waals surface area contributed by atoms with Crippen LogP contribution in [-0.2, 0) is 11.2 Å². The maximum Gasteiger partial charge on any atom is 0.137 e. The Bertz CT molecular complexity index is 502. The number of aromatic nitrogens is 2. The zero-order valence-corrected chi connectivity index (χ0v) is 8.73. The molecule has 0 aliphatic heterocycles. The molecule has 78 valence electrons. The molecule has 2 aromatic rings. The highest BCUT2D eigenvalue weighted by molar-refractivity contribution is 5.77. The zero-order valence-electron chi connectivity index (χ0n) is 8.73. The van der Waals surface area contributed by atoms with Crippen molar-refractivity contribution in [3.8, 4) is 5.75 Å². The highest BCUT2D eigenvalue weighted by Gasteiger charge is 2.06. The van der Waals surface area contributed by atoms with Gasteiger partial charge in [-0.25, -0.2) is 4.98 Å². The average molecular weight is 204 g/mol. The van der Waals surface area contributed by atoms with E-state index < -0.39 is 0 Å². The number of rotatable bonds is 3. The number of hydrogen-bond acceptors (Lipinski definition) is 3. The van der Waals surface area contributed by atoms with E-state index >= 15 is 0 Å². The van der Waals surface area contributed by atoms with Gasteiger partial charge in [-0.3, -0.25) is 9.20 Å². The second kappa shape index (κ2) is 3.73. The lowest BCUT2D eigenvalue weighted by molar-refractivity contribution is -0.116. The number of pyridine rings is 1. The first-order valence-corrected chi connectivity index (χ1v) is 4.70. The monoisotopic (exact) mass is 204 g/mol. The van der Waals surface area contributed by atoms with Gasteiger partial charge in [-0.05, 0) is 19.1 Å². The van der Waals surface area contributed by atoms with Crippen molar-refractivity contribution in [2.24, 2.45) is 0 Å². The SMILES string of the molecule is COc1ccc2cnc(CC(C)=O)n2c1. The molecule has 0 saturated carbocycles. The maximum absolute atomic E-state index is 11.0. The van der Waals surface area contributed by atoms with Crippen molar-refractivity contribution in [1.82, 2.24) is 9.38 Å². The largest absolute Gasteiger partial charge is 0.495 e. The second-order valence-corrected chi connectivity index (χ2v) is 3.42. The lowest BCUT2D eigenvalue weighted by Gasteiger charge is -2.02. The Hall–Kier alpha value is -1.84. The van der Waals surface area contributed by atoms with E-state index in [1.807, 2.05) is 22.7 Å². The van der Waals surface area contributed by atoms with Crippen LogP contribution in [0.25, 0.3) is 5.52 Å². The molecule has 15 heavy (non-hydrogen) atoms. The van der Waals surface area contributed by atoms with E-state index in [0.29, 0.717) is 6.42 Å². The third-order valence-corrected chi connectivity index (χ3v) is 2.22. The van der Waals surface area contributed by atoms with Crippen molar-refractivity contribution in [2.45, 2.75) is 13.3 Å². The van der Waals surface area contributed by atoms with Gasteiger partial charge in [0.05, 0.1) is 31.4 Å². The third kappa shape index (κ3) is 1.83. The van der Waals surface area contributed by atoms with Gasteiger partial charge in [0, 0.05) is 0 Å². The van der Waals surface area contributed by atoms with Gasteiger partial charge in [-0.15, -0.1) is 0 Å². The summed E-state index contributed by atoms with van der Waals surface area (Å²) >= 11 is 0. The fraction of sp³-hybridized carbons (Fsp3) is 0.273. The molecule has 4 heteroatoms. The normalized spacial score (nSPS) is 10.5. The summed E-state index contributed by atoms with van der Waals surface area (Å²) in [5.41, 5.74) is 0.965. The summed E-state index contributed by atoms with van der Waals surface area (Å²) < 4.78 is 6.99. The highest BCUT2D eigenvalue weighted by Crippen LogP contribution is 2.14. The zero-order chi connectivity index (χ0) is 10.8. The molecule has 0 N–H and O–H groups in total. The van der Waals surface area contributed by atoms with Crippen molar-refractivity contribution < 1.29 is 9.53 Å². The molecule has 0 aliphatic rings. The molecular formula is C11H12N2O2. The van der Waals surface area contributed by atoms with Crippen molar-refractivity contribution >= 4 is 11.3 Å². The number of carbonyl (C=O) groups is 1. The van der Waals surface area contributed by atoms with Gasteiger partial charge in [-0.2, -0.15) is 0 Å². The number of nitrogens with zero attached hydrogens (tertiary/aromatic N) is 2. The smallest absolute Gasteiger partial charge is 0.137 e. The molecule has 0 radical (unpaired) electrons. The van der Waals surface area contributed by atoms with Gasteiger partial charge in [-0.1, -0.05) is 0 Å². The van der Waals surface area contributed by atoms with E-state index in [1.165, 1.54) is 0 Å². The van der Waals surface area contributed by atoms with Gasteiger partial charge in [0.25, 0.3) is 0 Å². The number of ether oxygens (including phenoxy) is 1. The first-order chi connectivity index (χ1) is 7.20. The molecule has 0 fully saturated rings. The summed E-state index contributed by atoms with van der Waals surface area (Å²) in [6.45, 7) is 1.56. The van der Waals surface area contributed by atoms with E-state index in [0.717, 1.165) is 17.1 Å². The molecule has 0 aliphatic carbocycles. The molecule has 0 spiro atoms. The van der Waals surface area contributed by atoms with Crippen molar-refractivity contribution in [3.05, 3.63) is 30.4 Å². The van der Waals surface area contributed by atoms with Crippen LogP contribution in [-0.4, -0.2) is 22.3 Å². The molecular weight excluding hydrogens is 192 g/mol. The quantitative estimate of drug-likeness (QED) is 0.760. The van der Waals surface area contributed by atoms with Crippen LogP contribution in [0, 0.1) is 0 Å². The minimum Gasteiger partial charge on any atom is -0.495 e. The number of fused-ring (bicyclic) bond motifs is 1. The van der Waals surface area contributed by atoms with Crippen LogP contribution in [0.2, 0.25) is 0 Å². The van der Waals surface area contributed by atoms with Gasteiger partial charge >= 0.3 is 0 Å². The van der Waals surface area contributed by atoms with Crippen LogP contribution >= 0.6 is 0 Å².